The minimum Gasteiger partial charge on any atom is -0.468 e. The number of rotatable bonds is 5. The van der Waals surface area contributed by atoms with E-state index in [9.17, 15) is 4.79 Å². The second-order valence-corrected chi connectivity index (χ2v) is 3.58. The van der Waals surface area contributed by atoms with Gasteiger partial charge in [0.25, 0.3) is 0 Å². The van der Waals surface area contributed by atoms with E-state index >= 15 is 0 Å². The topological polar surface area (TPSA) is 56.2 Å². The van der Waals surface area contributed by atoms with Gasteiger partial charge in [-0.1, -0.05) is 13.8 Å². The number of ether oxygens (including phenoxy) is 1. The van der Waals surface area contributed by atoms with Crippen LogP contribution in [0.5, 0.6) is 0 Å². The number of hydrogen-bond acceptors (Lipinski definition) is 4. The average molecular weight is 211 g/mol. The maximum Gasteiger partial charge on any atom is 0.325 e. The van der Waals surface area contributed by atoms with Crippen LogP contribution in [0.25, 0.3) is 0 Å². The monoisotopic (exact) mass is 211 g/mol. The number of imidazole rings is 1. The Balaban J connectivity index is 2.57. The average Bonchev–Trinajstić information content (AvgIpc) is 2.62. The number of methoxy groups -OCH3 is 1. The SMILES string of the molecule is COC(=O)Cn1ccnc1CNC(C)C. The number of hydrogen-bond donors (Lipinski definition) is 1. The van der Waals surface area contributed by atoms with Crippen LogP contribution in [0.1, 0.15) is 19.7 Å². The third-order valence-corrected chi connectivity index (χ3v) is 2.00. The first-order chi connectivity index (χ1) is 7.13. The molecule has 0 atom stereocenters. The molecule has 0 bridgehead atoms. The number of carbonyl (C=O) groups is 1. The summed E-state index contributed by atoms with van der Waals surface area (Å²) < 4.78 is 6.38. The Hall–Kier alpha value is -1.36. The predicted molar refractivity (Wildman–Crippen MR) is 56.2 cm³/mol. The second kappa shape index (κ2) is 5.50. The van der Waals surface area contributed by atoms with Crippen molar-refractivity contribution in [2.75, 3.05) is 7.11 Å². The summed E-state index contributed by atoms with van der Waals surface area (Å²) >= 11 is 0. The van der Waals surface area contributed by atoms with E-state index in [1.54, 1.807) is 17.0 Å². The van der Waals surface area contributed by atoms with Crippen LogP contribution in [0.2, 0.25) is 0 Å². The van der Waals surface area contributed by atoms with Gasteiger partial charge in [0.05, 0.1) is 13.7 Å². The fourth-order valence-corrected chi connectivity index (χ4v) is 1.15. The summed E-state index contributed by atoms with van der Waals surface area (Å²) in [4.78, 5) is 15.2. The Bertz CT molecular complexity index is 320. The molecule has 1 rings (SSSR count). The fourth-order valence-electron chi connectivity index (χ4n) is 1.15. The Morgan fingerprint density at radius 1 is 1.67 bits per heavy atom. The molecular weight excluding hydrogens is 194 g/mol. The van der Waals surface area contributed by atoms with Gasteiger partial charge < -0.3 is 14.6 Å². The van der Waals surface area contributed by atoms with Crippen molar-refractivity contribution in [2.45, 2.75) is 33.0 Å². The molecule has 1 aromatic rings. The van der Waals surface area contributed by atoms with Crippen molar-refractivity contribution in [2.24, 2.45) is 0 Å². The molecule has 0 aromatic carbocycles. The molecule has 0 aliphatic rings. The summed E-state index contributed by atoms with van der Waals surface area (Å²) in [7, 11) is 1.38. The molecule has 5 heteroatoms. The van der Waals surface area contributed by atoms with Crippen LogP contribution in [0.4, 0.5) is 0 Å². The lowest BCUT2D eigenvalue weighted by Crippen LogP contribution is -2.25. The lowest BCUT2D eigenvalue weighted by Gasteiger charge is -2.09. The van der Waals surface area contributed by atoms with Gasteiger partial charge in [-0.05, 0) is 0 Å². The molecule has 1 aromatic heterocycles. The number of nitrogens with one attached hydrogen (secondary N) is 1. The Labute approximate surface area is 89.4 Å². The van der Waals surface area contributed by atoms with Gasteiger partial charge in [-0.3, -0.25) is 4.79 Å². The maximum absolute atomic E-state index is 11.1. The highest BCUT2D eigenvalue weighted by Crippen LogP contribution is 1.98. The Morgan fingerprint density at radius 2 is 2.40 bits per heavy atom. The van der Waals surface area contributed by atoms with Crippen LogP contribution < -0.4 is 5.32 Å². The molecule has 0 amide bonds. The van der Waals surface area contributed by atoms with Crippen molar-refractivity contribution in [1.29, 1.82) is 0 Å². The van der Waals surface area contributed by atoms with Crippen molar-refractivity contribution in [1.82, 2.24) is 14.9 Å². The van der Waals surface area contributed by atoms with Crippen LogP contribution in [0, 0.1) is 0 Å². The maximum atomic E-state index is 11.1. The molecule has 0 saturated heterocycles. The van der Waals surface area contributed by atoms with Gasteiger partial charge in [0.2, 0.25) is 0 Å². The molecule has 0 spiro atoms. The smallest absolute Gasteiger partial charge is 0.325 e. The summed E-state index contributed by atoms with van der Waals surface area (Å²) in [5.41, 5.74) is 0. The standard InChI is InChI=1S/C10H17N3O2/c1-8(2)12-6-9-11-4-5-13(9)7-10(14)15-3/h4-5,8,12H,6-7H2,1-3H3. The molecule has 0 radical (unpaired) electrons. The highest BCUT2D eigenvalue weighted by atomic mass is 16.5. The van der Waals surface area contributed by atoms with E-state index in [4.69, 9.17) is 0 Å². The molecule has 0 fully saturated rings. The highest BCUT2D eigenvalue weighted by molar-refractivity contribution is 5.69. The third-order valence-electron chi connectivity index (χ3n) is 2.00. The zero-order valence-electron chi connectivity index (χ0n) is 9.36. The minimum absolute atomic E-state index is 0.214. The first kappa shape index (κ1) is 11.7. The first-order valence-electron chi connectivity index (χ1n) is 4.93. The van der Waals surface area contributed by atoms with E-state index < -0.39 is 0 Å². The van der Waals surface area contributed by atoms with Gasteiger partial charge in [0.15, 0.2) is 0 Å². The molecule has 1 heterocycles. The van der Waals surface area contributed by atoms with E-state index in [0.717, 1.165) is 5.82 Å². The molecule has 15 heavy (non-hydrogen) atoms. The number of esters is 1. The van der Waals surface area contributed by atoms with Crippen molar-refractivity contribution >= 4 is 5.97 Å². The molecule has 0 aliphatic carbocycles. The summed E-state index contributed by atoms with van der Waals surface area (Å²) in [6.07, 6.45) is 3.45. The number of carbonyl (C=O) groups excluding carboxylic acids is 1. The number of nitrogens with zero attached hydrogens (tertiary/aromatic N) is 2. The summed E-state index contributed by atoms with van der Waals surface area (Å²) in [5.74, 6) is 0.577. The molecular formula is C10H17N3O2. The summed E-state index contributed by atoms with van der Waals surface area (Å²) in [6.45, 7) is 4.99. The zero-order chi connectivity index (χ0) is 11.3. The van der Waals surface area contributed by atoms with Crippen molar-refractivity contribution < 1.29 is 9.53 Å². The van der Waals surface area contributed by atoms with E-state index in [2.05, 4.69) is 28.9 Å². The van der Waals surface area contributed by atoms with Crippen LogP contribution in [-0.2, 0) is 22.6 Å². The van der Waals surface area contributed by atoms with E-state index in [1.807, 2.05) is 0 Å². The predicted octanol–water partition coefficient (Wildman–Crippen LogP) is 0.554. The van der Waals surface area contributed by atoms with Crippen LogP contribution in [-0.4, -0.2) is 28.7 Å². The molecule has 0 aliphatic heterocycles. The molecule has 1 N–H and O–H groups in total. The van der Waals surface area contributed by atoms with Gasteiger partial charge in [-0.2, -0.15) is 0 Å². The molecule has 84 valence electrons. The molecule has 0 unspecified atom stereocenters. The quantitative estimate of drug-likeness (QED) is 0.723. The van der Waals surface area contributed by atoms with Crippen molar-refractivity contribution in [3.8, 4) is 0 Å². The summed E-state index contributed by atoms with van der Waals surface area (Å²) in [6, 6.07) is 0.397. The van der Waals surface area contributed by atoms with Gasteiger partial charge in [0.1, 0.15) is 12.4 Å². The third kappa shape index (κ3) is 3.71. The van der Waals surface area contributed by atoms with E-state index in [0.29, 0.717) is 12.6 Å². The van der Waals surface area contributed by atoms with Gasteiger partial charge in [-0.15, -0.1) is 0 Å². The highest BCUT2D eigenvalue weighted by Gasteiger charge is 2.07. The van der Waals surface area contributed by atoms with Crippen LogP contribution in [0.15, 0.2) is 12.4 Å². The van der Waals surface area contributed by atoms with Gasteiger partial charge >= 0.3 is 5.97 Å². The fraction of sp³-hybridized carbons (Fsp3) is 0.600. The van der Waals surface area contributed by atoms with E-state index in [-0.39, 0.29) is 12.5 Å². The van der Waals surface area contributed by atoms with Gasteiger partial charge in [-0.25, -0.2) is 4.98 Å². The van der Waals surface area contributed by atoms with Crippen LogP contribution in [0.3, 0.4) is 0 Å². The Morgan fingerprint density at radius 3 is 3.00 bits per heavy atom. The Kier molecular flexibility index (Phi) is 4.30. The van der Waals surface area contributed by atoms with E-state index in [1.165, 1.54) is 7.11 Å². The lowest BCUT2D eigenvalue weighted by atomic mass is 10.4. The lowest BCUT2D eigenvalue weighted by molar-refractivity contribution is -0.141. The summed E-state index contributed by atoms with van der Waals surface area (Å²) in [5, 5.41) is 3.24. The first-order valence-corrected chi connectivity index (χ1v) is 4.93. The van der Waals surface area contributed by atoms with Crippen molar-refractivity contribution in [3.05, 3.63) is 18.2 Å². The molecule has 0 saturated carbocycles. The molecule has 5 nitrogen and oxygen atoms in total. The largest absolute Gasteiger partial charge is 0.468 e. The van der Waals surface area contributed by atoms with Crippen LogP contribution >= 0.6 is 0 Å². The zero-order valence-corrected chi connectivity index (χ0v) is 9.36. The number of aromatic nitrogens is 2. The van der Waals surface area contributed by atoms with Gasteiger partial charge in [0, 0.05) is 18.4 Å². The normalized spacial score (nSPS) is 10.7. The van der Waals surface area contributed by atoms with Crippen molar-refractivity contribution in [3.63, 3.8) is 0 Å². The minimum atomic E-state index is -0.265. The second-order valence-electron chi connectivity index (χ2n) is 3.58.